The molecule has 76 valence electrons. The summed E-state index contributed by atoms with van der Waals surface area (Å²) in [5.74, 6) is 0. The van der Waals surface area contributed by atoms with Gasteiger partial charge < -0.3 is 15.3 Å². The van der Waals surface area contributed by atoms with Crippen molar-refractivity contribution in [1.29, 1.82) is 0 Å². The summed E-state index contributed by atoms with van der Waals surface area (Å²) in [6.45, 7) is 4.69. The fourth-order valence-corrected chi connectivity index (χ4v) is 2.76. The minimum Gasteiger partial charge on any atom is -0.393 e. The van der Waals surface area contributed by atoms with E-state index >= 15 is 0 Å². The van der Waals surface area contributed by atoms with Crippen LogP contribution in [0.4, 0.5) is 0 Å². The van der Waals surface area contributed by atoms with Crippen LogP contribution in [0.25, 0.3) is 0 Å². The first kappa shape index (κ1) is 9.44. The molecule has 0 atom stereocenters. The average molecular weight is 184 g/mol. The van der Waals surface area contributed by atoms with E-state index in [-0.39, 0.29) is 6.10 Å². The van der Waals surface area contributed by atoms with Crippen LogP contribution in [-0.2, 0) is 0 Å². The molecule has 1 aliphatic heterocycles. The Labute approximate surface area is 80.1 Å². The van der Waals surface area contributed by atoms with Crippen LogP contribution >= 0.6 is 0 Å². The van der Waals surface area contributed by atoms with Gasteiger partial charge in [-0.1, -0.05) is 0 Å². The van der Waals surface area contributed by atoms with Crippen LogP contribution in [0.1, 0.15) is 19.3 Å². The zero-order valence-corrected chi connectivity index (χ0v) is 8.42. The molecule has 2 N–H and O–H groups in total. The highest BCUT2D eigenvalue weighted by Crippen LogP contribution is 2.47. The van der Waals surface area contributed by atoms with Gasteiger partial charge in [0.1, 0.15) is 0 Å². The Morgan fingerprint density at radius 1 is 1.54 bits per heavy atom. The molecule has 3 heteroatoms. The molecule has 1 saturated carbocycles. The lowest BCUT2D eigenvalue weighted by Gasteiger charge is -2.42. The molecule has 0 aromatic carbocycles. The summed E-state index contributed by atoms with van der Waals surface area (Å²) in [6.07, 6.45) is 3.39. The number of nitrogens with one attached hydrogen (secondary N) is 1. The van der Waals surface area contributed by atoms with E-state index in [1.165, 1.54) is 19.5 Å². The molecule has 2 fully saturated rings. The third-order valence-corrected chi connectivity index (χ3v) is 3.53. The molecule has 0 aromatic heterocycles. The first-order valence-electron chi connectivity index (χ1n) is 5.29. The molecule has 13 heavy (non-hydrogen) atoms. The Balaban J connectivity index is 1.75. The van der Waals surface area contributed by atoms with Gasteiger partial charge in [0, 0.05) is 19.6 Å². The second-order valence-electron chi connectivity index (χ2n) is 4.69. The number of aliphatic hydroxyl groups is 1. The van der Waals surface area contributed by atoms with Crippen molar-refractivity contribution in [2.24, 2.45) is 5.41 Å². The SMILES string of the molecule is CNCCN1CCC2(CC(O)C2)C1. The maximum absolute atomic E-state index is 9.31. The van der Waals surface area contributed by atoms with E-state index in [4.69, 9.17) is 0 Å². The summed E-state index contributed by atoms with van der Waals surface area (Å²) in [6, 6.07) is 0. The minimum absolute atomic E-state index is 0.00394. The van der Waals surface area contributed by atoms with E-state index in [9.17, 15) is 5.11 Å². The van der Waals surface area contributed by atoms with Crippen molar-refractivity contribution in [3.05, 3.63) is 0 Å². The number of aliphatic hydroxyl groups excluding tert-OH is 1. The molecule has 0 unspecified atom stereocenters. The van der Waals surface area contributed by atoms with E-state index in [0.717, 1.165) is 25.9 Å². The summed E-state index contributed by atoms with van der Waals surface area (Å²) in [4.78, 5) is 2.52. The van der Waals surface area contributed by atoms with Gasteiger partial charge in [-0.3, -0.25) is 0 Å². The van der Waals surface area contributed by atoms with Gasteiger partial charge >= 0.3 is 0 Å². The predicted molar refractivity (Wildman–Crippen MR) is 52.7 cm³/mol. The van der Waals surface area contributed by atoms with Gasteiger partial charge in [-0.05, 0) is 38.3 Å². The molecular formula is C10H20N2O. The van der Waals surface area contributed by atoms with Crippen LogP contribution in [0.2, 0.25) is 0 Å². The Bertz CT molecular complexity index is 178. The molecule has 1 spiro atoms. The number of likely N-dealkylation sites (N-methyl/N-ethyl adjacent to an activating group) is 1. The van der Waals surface area contributed by atoms with E-state index in [1.807, 2.05) is 7.05 Å². The lowest BCUT2D eigenvalue weighted by atomic mass is 9.66. The molecule has 0 bridgehead atoms. The zero-order chi connectivity index (χ0) is 9.31. The number of likely N-dealkylation sites (tertiary alicyclic amines) is 1. The Hall–Kier alpha value is -0.120. The molecule has 1 aliphatic carbocycles. The number of nitrogens with zero attached hydrogens (tertiary/aromatic N) is 1. The van der Waals surface area contributed by atoms with Crippen LogP contribution in [-0.4, -0.2) is 49.3 Å². The molecule has 2 rings (SSSR count). The topological polar surface area (TPSA) is 35.5 Å². The van der Waals surface area contributed by atoms with Crippen LogP contribution < -0.4 is 5.32 Å². The molecule has 0 aromatic rings. The number of rotatable bonds is 3. The van der Waals surface area contributed by atoms with Crippen LogP contribution in [0.3, 0.4) is 0 Å². The quantitative estimate of drug-likeness (QED) is 0.651. The van der Waals surface area contributed by atoms with Crippen molar-refractivity contribution in [3.8, 4) is 0 Å². The van der Waals surface area contributed by atoms with Gasteiger partial charge in [-0.2, -0.15) is 0 Å². The summed E-state index contributed by atoms with van der Waals surface area (Å²) in [5, 5.41) is 12.5. The average Bonchev–Trinajstić information content (AvgIpc) is 2.45. The Morgan fingerprint density at radius 3 is 2.92 bits per heavy atom. The molecule has 3 nitrogen and oxygen atoms in total. The first-order valence-corrected chi connectivity index (χ1v) is 5.29. The third kappa shape index (κ3) is 1.87. The number of hydrogen-bond acceptors (Lipinski definition) is 3. The summed E-state index contributed by atoms with van der Waals surface area (Å²) in [7, 11) is 2.00. The number of hydrogen-bond donors (Lipinski definition) is 2. The monoisotopic (exact) mass is 184 g/mol. The highest BCUT2D eigenvalue weighted by molar-refractivity contribution is 5.00. The predicted octanol–water partition coefficient (Wildman–Crippen LogP) is 0.0526. The van der Waals surface area contributed by atoms with Crippen molar-refractivity contribution >= 4 is 0 Å². The van der Waals surface area contributed by atoms with Crippen molar-refractivity contribution < 1.29 is 5.11 Å². The van der Waals surface area contributed by atoms with Crippen LogP contribution in [0.15, 0.2) is 0 Å². The van der Waals surface area contributed by atoms with Gasteiger partial charge in [0.05, 0.1) is 6.10 Å². The highest BCUT2D eigenvalue weighted by atomic mass is 16.3. The minimum atomic E-state index is 0.00394. The van der Waals surface area contributed by atoms with Gasteiger partial charge in [0.25, 0.3) is 0 Å². The van der Waals surface area contributed by atoms with Gasteiger partial charge in [-0.15, -0.1) is 0 Å². The largest absolute Gasteiger partial charge is 0.393 e. The highest BCUT2D eigenvalue weighted by Gasteiger charge is 2.47. The Kier molecular flexibility index (Phi) is 2.58. The summed E-state index contributed by atoms with van der Waals surface area (Å²) < 4.78 is 0. The zero-order valence-electron chi connectivity index (χ0n) is 8.42. The smallest absolute Gasteiger partial charge is 0.0551 e. The third-order valence-electron chi connectivity index (χ3n) is 3.53. The standard InChI is InChI=1S/C10H20N2O/c1-11-3-5-12-4-2-10(8-12)6-9(13)7-10/h9,11,13H,2-8H2,1H3. The van der Waals surface area contributed by atoms with E-state index in [1.54, 1.807) is 0 Å². The van der Waals surface area contributed by atoms with E-state index in [0.29, 0.717) is 5.41 Å². The van der Waals surface area contributed by atoms with Crippen LogP contribution in [0, 0.1) is 5.41 Å². The van der Waals surface area contributed by atoms with E-state index < -0.39 is 0 Å². The lowest BCUT2D eigenvalue weighted by Crippen LogP contribution is -2.43. The van der Waals surface area contributed by atoms with E-state index in [2.05, 4.69) is 10.2 Å². The summed E-state index contributed by atoms with van der Waals surface area (Å²) in [5.41, 5.74) is 0.507. The van der Waals surface area contributed by atoms with Gasteiger partial charge in [-0.25, -0.2) is 0 Å². The second kappa shape index (κ2) is 3.56. The molecule has 0 radical (unpaired) electrons. The van der Waals surface area contributed by atoms with Crippen molar-refractivity contribution in [3.63, 3.8) is 0 Å². The molecule has 1 saturated heterocycles. The molecule has 0 amide bonds. The van der Waals surface area contributed by atoms with Crippen molar-refractivity contribution in [2.45, 2.75) is 25.4 Å². The lowest BCUT2D eigenvalue weighted by molar-refractivity contribution is -0.0249. The summed E-state index contributed by atoms with van der Waals surface area (Å²) >= 11 is 0. The maximum Gasteiger partial charge on any atom is 0.0551 e. The van der Waals surface area contributed by atoms with Crippen LogP contribution in [0.5, 0.6) is 0 Å². The van der Waals surface area contributed by atoms with Crippen molar-refractivity contribution in [2.75, 3.05) is 33.2 Å². The maximum atomic E-state index is 9.31. The van der Waals surface area contributed by atoms with Gasteiger partial charge in [0.15, 0.2) is 0 Å². The normalized spacial score (nSPS) is 39.7. The first-order chi connectivity index (χ1) is 6.24. The molecule has 1 heterocycles. The fourth-order valence-electron chi connectivity index (χ4n) is 2.76. The second-order valence-corrected chi connectivity index (χ2v) is 4.69. The molecule has 2 aliphatic rings. The van der Waals surface area contributed by atoms with Crippen molar-refractivity contribution in [1.82, 2.24) is 10.2 Å². The molecular weight excluding hydrogens is 164 g/mol. The fraction of sp³-hybridized carbons (Fsp3) is 1.00. The Morgan fingerprint density at radius 2 is 2.31 bits per heavy atom. The van der Waals surface area contributed by atoms with Gasteiger partial charge in [0.2, 0.25) is 0 Å².